The molecule has 6 aromatic rings. The normalized spacial score (nSPS) is 11.5. The Hall–Kier alpha value is -5.27. The lowest BCUT2D eigenvalue weighted by Gasteiger charge is -2.14. The summed E-state index contributed by atoms with van der Waals surface area (Å²) in [6.45, 7) is 7.58. The highest BCUT2D eigenvalue weighted by Gasteiger charge is 2.17. The van der Waals surface area contributed by atoms with Gasteiger partial charge in [0.25, 0.3) is 0 Å². The maximum Gasteiger partial charge on any atom is 0.324 e. The van der Waals surface area contributed by atoms with Crippen molar-refractivity contribution in [2.45, 2.75) is 26.2 Å². The SMILES string of the molecule is CC(C)c1cc(NC(=O)Nc2ccc(Oc3ccnc(Cc4ccccc4)n3)c3ccccc23)n(-c2ccc(P(C)(C)=O)cc2)n1. The molecule has 6 rings (SSSR count). The summed E-state index contributed by atoms with van der Waals surface area (Å²) in [5, 5.41) is 13.1. The van der Waals surface area contributed by atoms with Crippen LogP contribution in [0.1, 0.15) is 36.8 Å². The van der Waals surface area contributed by atoms with Crippen LogP contribution in [0.25, 0.3) is 16.5 Å². The highest BCUT2D eigenvalue weighted by molar-refractivity contribution is 7.70. The van der Waals surface area contributed by atoms with Crippen molar-refractivity contribution in [2.24, 2.45) is 0 Å². The van der Waals surface area contributed by atoms with Gasteiger partial charge >= 0.3 is 6.03 Å². The predicted molar refractivity (Wildman–Crippen MR) is 185 cm³/mol. The van der Waals surface area contributed by atoms with E-state index in [0.717, 1.165) is 33.0 Å². The molecule has 0 fully saturated rings. The number of nitrogens with one attached hydrogen (secondary N) is 2. The smallest absolute Gasteiger partial charge is 0.324 e. The van der Waals surface area contributed by atoms with Crippen molar-refractivity contribution in [3.05, 3.63) is 126 Å². The minimum absolute atomic E-state index is 0.149. The first-order valence-electron chi connectivity index (χ1n) is 15.0. The van der Waals surface area contributed by atoms with Crippen LogP contribution in [-0.2, 0) is 11.0 Å². The summed E-state index contributed by atoms with van der Waals surface area (Å²) in [5.74, 6) is 2.38. The molecule has 0 atom stereocenters. The van der Waals surface area contributed by atoms with Gasteiger partial charge in [0.2, 0.25) is 5.88 Å². The summed E-state index contributed by atoms with van der Waals surface area (Å²) in [4.78, 5) is 22.4. The molecule has 2 N–H and O–H groups in total. The fourth-order valence-electron chi connectivity index (χ4n) is 5.07. The zero-order chi connectivity index (χ0) is 32.3. The van der Waals surface area contributed by atoms with Gasteiger partial charge < -0.3 is 14.6 Å². The minimum atomic E-state index is -2.40. The van der Waals surface area contributed by atoms with E-state index in [1.807, 2.05) is 111 Å². The van der Waals surface area contributed by atoms with E-state index < -0.39 is 13.2 Å². The lowest BCUT2D eigenvalue weighted by molar-refractivity contribution is 0.262. The number of carbonyl (C=O) groups excluding carboxylic acids is 1. The van der Waals surface area contributed by atoms with E-state index in [9.17, 15) is 9.36 Å². The first-order valence-corrected chi connectivity index (χ1v) is 17.6. The Morgan fingerprint density at radius 1 is 0.870 bits per heavy atom. The number of anilines is 2. The molecule has 2 aromatic heterocycles. The van der Waals surface area contributed by atoms with E-state index in [2.05, 4.69) is 20.6 Å². The van der Waals surface area contributed by atoms with Crippen molar-refractivity contribution in [3.63, 3.8) is 0 Å². The first kappa shape index (κ1) is 30.7. The van der Waals surface area contributed by atoms with Crippen molar-refractivity contribution in [2.75, 3.05) is 24.0 Å². The van der Waals surface area contributed by atoms with Crippen molar-refractivity contribution in [3.8, 4) is 17.3 Å². The number of urea groups is 1. The molecule has 2 heterocycles. The fraction of sp³-hybridized carbons (Fsp3) is 0.167. The highest BCUT2D eigenvalue weighted by atomic mass is 31.2. The van der Waals surface area contributed by atoms with Crippen molar-refractivity contribution in [1.82, 2.24) is 19.7 Å². The maximum absolute atomic E-state index is 13.4. The van der Waals surface area contributed by atoms with Crippen LogP contribution in [0.5, 0.6) is 11.6 Å². The number of aromatic nitrogens is 4. The Morgan fingerprint density at radius 2 is 1.59 bits per heavy atom. The molecule has 0 unspecified atom stereocenters. The highest BCUT2D eigenvalue weighted by Crippen LogP contribution is 2.36. The average molecular weight is 631 g/mol. The number of rotatable bonds is 9. The van der Waals surface area contributed by atoms with Crippen LogP contribution in [0.2, 0.25) is 0 Å². The van der Waals surface area contributed by atoms with Crippen LogP contribution >= 0.6 is 7.14 Å². The fourth-order valence-corrected chi connectivity index (χ4v) is 5.94. The van der Waals surface area contributed by atoms with E-state index in [0.29, 0.717) is 35.4 Å². The number of ether oxygens (including phenoxy) is 1. The van der Waals surface area contributed by atoms with Crippen LogP contribution < -0.4 is 20.7 Å². The van der Waals surface area contributed by atoms with Gasteiger partial charge in [0.15, 0.2) is 0 Å². The summed E-state index contributed by atoms with van der Waals surface area (Å²) in [7, 11) is -2.40. The Bertz CT molecular complexity index is 2050. The summed E-state index contributed by atoms with van der Waals surface area (Å²) in [5.41, 5.74) is 3.32. The number of hydrogen-bond acceptors (Lipinski definition) is 6. The van der Waals surface area contributed by atoms with Crippen LogP contribution in [0.15, 0.2) is 109 Å². The number of benzene rings is 4. The molecule has 0 aliphatic carbocycles. The van der Waals surface area contributed by atoms with Gasteiger partial charge in [0.1, 0.15) is 24.5 Å². The minimum Gasteiger partial charge on any atom is -0.438 e. The molecule has 0 aliphatic rings. The van der Waals surface area contributed by atoms with Crippen LogP contribution in [0, 0.1) is 0 Å². The molecule has 232 valence electrons. The lowest BCUT2D eigenvalue weighted by atomic mass is 10.1. The molecule has 0 radical (unpaired) electrons. The molecule has 9 nitrogen and oxygen atoms in total. The molecule has 46 heavy (non-hydrogen) atoms. The molecule has 2 amide bonds. The number of amides is 2. The Morgan fingerprint density at radius 3 is 2.30 bits per heavy atom. The van der Waals surface area contributed by atoms with Crippen LogP contribution in [-0.4, -0.2) is 39.1 Å². The molecule has 0 aliphatic heterocycles. The third kappa shape index (κ3) is 7.00. The Labute approximate surface area is 268 Å². The predicted octanol–water partition coefficient (Wildman–Crippen LogP) is 8.21. The van der Waals surface area contributed by atoms with Gasteiger partial charge in [-0.3, -0.25) is 5.32 Å². The second-order valence-corrected chi connectivity index (χ2v) is 14.9. The Kier molecular flexibility index (Phi) is 8.68. The van der Waals surface area contributed by atoms with Crippen LogP contribution in [0.4, 0.5) is 16.3 Å². The monoisotopic (exact) mass is 630 g/mol. The second-order valence-electron chi connectivity index (χ2n) is 11.7. The van der Waals surface area contributed by atoms with Crippen LogP contribution in [0.3, 0.4) is 0 Å². The van der Waals surface area contributed by atoms with Gasteiger partial charge in [-0.2, -0.15) is 10.1 Å². The van der Waals surface area contributed by atoms with Gasteiger partial charge in [-0.05, 0) is 61.2 Å². The number of fused-ring (bicyclic) bond motifs is 1. The van der Waals surface area contributed by atoms with Crippen molar-refractivity contribution in [1.29, 1.82) is 0 Å². The van der Waals surface area contributed by atoms with Gasteiger partial charge in [-0.15, -0.1) is 0 Å². The van der Waals surface area contributed by atoms with Gasteiger partial charge in [-0.25, -0.2) is 14.5 Å². The topological polar surface area (TPSA) is 111 Å². The molecule has 0 spiro atoms. The molecule has 4 aromatic carbocycles. The largest absolute Gasteiger partial charge is 0.438 e. The molecule has 0 saturated heterocycles. The standard InChI is InChI=1S/C36H35N6O3P/c1-24(2)31-23-34(42(41-31)26-14-16-27(17-15-26)46(3,4)44)40-36(43)38-30-18-19-32(29-13-9-8-12-28(29)30)45-35-20-21-37-33(39-35)22-25-10-6-5-7-11-25/h5-21,23-24H,22H2,1-4H3,(H2,38,40,43). The summed E-state index contributed by atoms with van der Waals surface area (Å²) in [6.07, 6.45) is 2.29. The summed E-state index contributed by atoms with van der Waals surface area (Å²) >= 11 is 0. The quantitative estimate of drug-likeness (QED) is 0.156. The Balaban J connectivity index is 1.23. The average Bonchev–Trinajstić information content (AvgIpc) is 3.46. The summed E-state index contributed by atoms with van der Waals surface area (Å²) in [6, 6.07) is 32.0. The molecule has 0 saturated carbocycles. The van der Waals surface area contributed by atoms with E-state index in [4.69, 9.17) is 9.84 Å². The van der Waals surface area contributed by atoms with Gasteiger partial charge in [-0.1, -0.05) is 68.4 Å². The maximum atomic E-state index is 13.4. The number of carbonyl (C=O) groups is 1. The van der Waals surface area contributed by atoms with E-state index in [1.54, 1.807) is 30.3 Å². The third-order valence-corrected chi connectivity index (χ3v) is 9.05. The van der Waals surface area contributed by atoms with E-state index >= 15 is 0 Å². The lowest BCUT2D eigenvalue weighted by Crippen LogP contribution is -2.21. The van der Waals surface area contributed by atoms with Gasteiger partial charge in [0.05, 0.1) is 17.1 Å². The molecule has 10 heteroatoms. The first-order chi connectivity index (χ1) is 22.1. The van der Waals surface area contributed by atoms with E-state index in [1.165, 1.54) is 0 Å². The second kappa shape index (κ2) is 13.0. The number of hydrogen-bond donors (Lipinski definition) is 2. The molecular formula is C36H35N6O3P. The van der Waals surface area contributed by atoms with Gasteiger partial charge in [0, 0.05) is 40.8 Å². The van der Waals surface area contributed by atoms with E-state index in [-0.39, 0.29) is 5.92 Å². The third-order valence-electron chi connectivity index (χ3n) is 7.51. The summed E-state index contributed by atoms with van der Waals surface area (Å²) < 4.78 is 20.5. The van der Waals surface area contributed by atoms with Crippen molar-refractivity contribution < 1.29 is 14.1 Å². The number of nitrogens with zero attached hydrogens (tertiary/aromatic N) is 4. The molecular weight excluding hydrogens is 595 g/mol. The molecule has 0 bridgehead atoms. The van der Waals surface area contributed by atoms with Crippen molar-refractivity contribution >= 4 is 40.8 Å². The zero-order valence-electron chi connectivity index (χ0n) is 26.1. The zero-order valence-corrected chi connectivity index (χ0v) is 27.0.